The molecule has 0 atom stereocenters. The minimum absolute atomic E-state index is 0.0166. The first-order chi connectivity index (χ1) is 8.99. The molecule has 2 N–H and O–H groups in total. The fourth-order valence-corrected chi connectivity index (χ4v) is 1.78. The van der Waals surface area contributed by atoms with Crippen molar-refractivity contribution in [1.29, 1.82) is 0 Å². The van der Waals surface area contributed by atoms with E-state index in [0.29, 0.717) is 29.9 Å². The lowest BCUT2D eigenvalue weighted by molar-refractivity contribution is -0.137. The Hall–Kier alpha value is -2.24. The van der Waals surface area contributed by atoms with Crippen LogP contribution < -0.4 is 9.47 Å². The van der Waals surface area contributed by atoms with Crippen LogP contribution in [-0.2, 0) is 11.2 Å². The minimum atomic E-state index is -1.07. The molecule has 0 bridgehead atoms. The topological polar surface area (TPSA) is 93.1 Å². The van der Waals surface area contributed by atoms with Crippen molar-refractivity contribution in [3.05, 3.63) is 23.3 Å². The number of aromatic carboxylic acids is 1. The maximum Gasteiger partial charge on any atom is 0.335 e. The third-order valence-electron chi connectivity index (χ3n) is 2.64. The summed E-state index contributed by atoms with van der Waals surface area (Å²) in [6.07, 6.45) is 0.827. The standard InChI is InChI=1S/C13H16O6/c1-18-10-7-9(13(16)17)6-8(12(10)19-2)4-3-5-11(14)15/h6-7H,3-5H2,1-2H3,(H,14,15)(H,16,17). The first-order valence-corrected chi connectivity index (χ1v) is 5.69. The number of methoxy groups -OCH3 is 2. The van der Waals surface area contributed by atoms with Crippen molar-refractivity contribution in [3.8, 4) is 11.5 Å². The van der Waals surface area contributed by atoms with Crippen LogP contribution in [0, 0.1) is 0 Å². The van der Waals surface area contributed by atoms with Crippen LogP contribution in [0.1, 0.15) is 28.8 Å². The molecule has 0 radical (unpaired) electrons. The molecule has 0 aliphatic rings. The van der Waals surface area contributed by atoms with E-state index in [9.17, 15) is 9.59 Å². The van der Waals surface area contributed by atoms with Crippen LogP contribution in [0.5, 0.6) is 11.5 Å². The molecular weight excluding hydrogens is 252 g/mol. The van der Waals surface area contributed by atoms with Gasteiger partial charge in [-0.15, -0.1) is 0 Å². The Balaban J connectivity index is 3.07. The molecule has 1 aromatic rings. The molecule has 0 saturated heterocycles. The maximum atomic E-state index is 11.0. The van der Waals surface area contributed by atoms with Crippen LogP contribution in [-0.4, -0.2) is 36.4 Å². The van der Waals surface area contributed by atoms with Gasteiger partial charge in [-0.25, -0.2) is 4.79 Å². The first-order valence-electron chi connectivity index (χ1n) is 5.69. The van der Waals surface area contributed by atoms with Crippen LogP contribution in [0.25, 0.3) is 0 Å². The van der Waals surface area contributed by atoms with Gasteiger partial charge >= 0.3 is 11.9 Å². The largest absolute Gasteiger partial charge is 0.493 e. The molecule has 104 valence electrons. The Morgan fingerprint density at radius 1 is 1.16 bits per heavy atom. The predicted octanol–water partition coefficient (Wildman–Crippen LogP) is 1.81. The van der Waals surface area contributed by atoms with Crippen molar-refractivity contribution in [2.75, 3.05) is 14.2 Å². The van der Waals surface area contributed by atoms with Gasteiger partial charge in [0.15, 0.2) is 11.5 Å². The van der Waals surface area contributed by atoms with E-state index in [1.54, 1.807) is 0 Å². The Kier molecular flexibility index (Phi) is 5.17. The quantitative estimate of drug-likeness (QED) is 0.783. The van der Waals surface area contributed by atoms with Gasteiger partial charge < -0.3 is 19.7 Å². The van der Waals surface area contributed by atoms with E-state index >= 15 is 0 Å². The highest BCUT2D eigenvalue weighted by Gasteiger charge is 2.15. The molecule has 0 saturated carbocycles. The highest BCUT2D eigenvalue weighted by Crippen LogP contribution is 2.33. The van der Waals surface area contributed by atoms with E-state index in [1.165, 1.54) is 26.4 Å². The number of aryl methyl sites for hydroxylation is 1. The van der Waals surface area contributed by atoms with Gasteiger partial charge in [0.25, 0.3) is 0 Å². The van der Waals surface area contributed by atoms with E-state index in [-0.39, 0.29) is 12.0 Å². The average molecular weight is 268 g/mol. The van der Waals surface area contributed by atoms with Crippen molar-refractivity contribution < 1.29 is 29.3 Å². The van der Waals surface area contributed by atoms with Gasteiger partial charge in [-0.05, 0) is 30.5 Å². The second kappa shape index (κ2) is 6.63. The maximum absolute atomic E-state index is 11.0. The lowest BCUT2D eigenvalue weighted by Crippen LogP contribution is -2.04. The second-order valence-electron chi connectivity index (χ2n) is 3.92. The van der Waals surface area contributed by atoms with Crippen LogP contribution in [0.15, 0.2) is 12.1 Å². The summed E-state index contributed by atoms with van der Waals surface area (Å²) in [5, 5.41) is 17.6. The zero-order valence-corrected chi connectivity index (χ0v) is 10.8. The zero-order valence-electron chi connectivity index (χ0n) is 10.8. The molecular formula is C13H16O6. The van der Waals surface area contributed by atoms with Gasteiger partial charge in [-0.1, -0.05) is 0 Å². The Morgan fingerprint density at radius 3 is 2.32 bits per heavy atom. The predicted molar refractivity (Wildman–Crippen MR) is 67.1 cm³/mol. The average Bonchev–Trinajstić information content (AvgIpc) is 2.37. The Morgan fingerprint density at radius 2 is 1.84 bits per heavy atom. The number of carbonyl (C=O) groups is 2. The number of carboxylic acids is 2. The molecule has 0 aromatic heterocycles. The van der Waals surface area contributed by atoms with Gasteiger partial charge in [0.05, 0.1) is 19.8 Å². The summed E-state index contributed by atoms with van der Waals surface area (Å²) in [6.45, 7) is 0. The number of carboxylic acid groups (broad SMARTS) is 2. The number of hydrogen-bond donors (Lipinski definition) is 2. The highest BCUT2D eigenvalue weighted by atomic mass is 16.5. The smallest absolute Gasteiger partial charge is 0.335 e. The van der Waals surface area contributed by atoms with Crippen molar-refractivity contribution in [3.63, 3.8) is 0 Å². The summed E-state index contributed by atoms with van der Waals surface area (Å²) in [4.78, 5) is 21.5. The van der Waals surface area contributed by atoms with Crippen LogP contribution in [0.4, 0.5) is 0 Å². The molecule has 19 heavy (non-hydrogen) atoms. The van der Waals surface area contributed by atoms with Crippen LogP contribution in [0.3, 0.4) is 0 Å². The molecule has 6 heteroatoms. The van der Waals surface area contributed by atoms with Gasteiger partial charge in [-0.2, -0.15) is 0 Å². The SMILES string of the molecule is COc1cc(C(=O)O)cc(CCCC(=O)O)c1OC. The summed E-state index contributed by atoms with van der Waals surface area (Å²) in [5.74, 6) is -1.19. The van der Waals surface area contributed by atoms with Crippen molar-refractivity contribution in [2.24, 2.45) is 0 Å². The third-order valence-corrected chi connectivity index (χ3v) is 2.64. The lowest BCUT2D eigenvalue weighted by atomic mass is 10.0. The molecule has 1 rings (SSSR count). The van der Waals surface area contributed by atoms with E-state index in [2.05, 4.69) is 0 Å². The normalized spacial score (nSPS) is 10.0. The van der Waals surface area contributed by atoms with Gasteiger partial charge in [0.2, 0.25) is 0 Å². The highest BCUT2D eigenvalue weighted by molar-refractivity contribution is 5.89. The fourth-order valence-electron chi connectivity index (χ4n) is 1.78. The second-order valence-corrected chi connectivity index (χ2v) is 3.92. The molecule has 6 nitrogen and oxygen atoms in total. The summed E-state index contributed by atoms with van der Waals surface area (Å²) >= 11 is 0. The summed E-state index contributed by atoms with van der Waals surface area (Å²) in [5.41, 5.74) is 0.712. The zero-order chi connectivity index (χ0) is 14.4. The van der Waals surface area contributed by atoms with E-state index < -0.39 is 11.9 Å². The number of rotatable bonds is 7. The first kappa shape index (κ1) is 14.8. The number of aliphatic carboxylic acids is 1. The fraction of sp³-hybridized carbons (Fsp3) is 0.385. The van der Waals surface area contributed by atoms with Gasteiger partial charge in [0, 0.05) is 6.42 Å². The molecule has 0 fully saturated rings. The van der Waals surface area contributed by atoms with Crippen molar-refractivity contribution in [1.82, 2.24) is 0 Å². The lowest BCUT2D eigenvalue weighted by Gasteiger charge is -2.13. The molecule has 1 aromatic carbocycles. The summed E-state index contributed by atoms with van der Waals surface area (Å²) in [6, 6.07) is 2.85. The van der Waals surface area contributed by atoms with Crippen molar-refractivity contribution >= 4 is 11.9 Å². The van der Waals surface area contributed by atoms with E-state index in [1.807, 2.05) is 0 Å². The Bertz CT molecular complexity index is 480. The van der Waals surface area contributed by atoms with Gasteiger partial charge in [0.1, 0.15) is 0 Å². The molecule has 0 aliphatic heterocycles. The molecule has 0 spiro atoms. The third kappa shape index (κ3) is 3.87. The molecule has 0 unspecified atom stereocenters. The Labute approximate surface area is 110 Å². The monoisotopic (exact) mass is 268 g/mol. The summed E-state index contributed by atoms with van der Waals surface area (Å²) in [7, 11) is 2.88. The molecule has 0 heterocycles. The molecule has 0 aliphatic carbocycles. The van der Waals surface area contributed by atoms with Crippen molar-refractivity contribution in [2.45, 2.75) is 19.3 Å². The summed E-state index contributed by atoms with van der Waals surface area (Å²) < 4.78 is 10.3. The van der Waals surface area contributed by atoms with E-state index in [0.717, 1.165) is 0 Å². The molecule has 0 amide bonds. The minimum Gasteiger partial charge on any atom is -0.493 e. The van der Waals surface area contributed by atoms with E-state index in [4.69, 9.17) is 19.7 Å². The number of hydrogen-bond acceptors (Lipinski definition) is 4. The number of benzene rings is 1. The van der Waals surface area contributed by atoms with Crippen LogP contribution in [0.2, 0.25) is 0 Å². The number of ether oxygens (including phenoxy) is 2. The van der Waals surface area contributed by atoms with Gasteiger partial charge in [-0.3, -0.25) is 4.79 Å². The van der Waals surface area contributed by atoms with Crippen LogP contribution >= 0.6 is 0 Å².